The zero-order valence-electron chi connectivity index (χ0n) is 14.1. The second-order valence-electron chi connectivity index (χ2n) is 6.78. The van der Waals surface area contributed by atoms with Gasteiger partial charge in [-0.1, -0.05) is 25.4 Å². The monoisotopic (exact) mass is 359 g/mol. The molecule has 5 nitrogen and oxygen atoms in total. The van der Waals surface area contributed by atoms with Gasteiger partial charge in [0.25, 0.3) is 5.91 Å². The number of likely N-dealkylation sites (tertiary alicyclic amines) is 1. The van der Waals surface area contributed by atoms with E-state index < -0.39 is 16.8 Å². The van der Waals surface area contributed by atoms with Gasteiger partial charge in [-0.15, -0.1) is 0 Å². The summed E-state index contributed by atoms with van der Waals surface area (Å²) in [5.41, 5.74) is -1.47. The Hall–Kier alpha value is -1.37. The molecule has 1 atom stereocenters. The number of nitrogens with zero attached hydrogens (tertiary/aromatic N) is 1. The van der Waals surface area contributed by atoms with Crippen LogP contribution in [0.25, 0.3) is 0 Å². The third kappa shape index (κ3) is 3.99. The van der Waals surface area contributed by atoms with Gasteiger partial charge in [-0.2, -0.15) is 0 Å². The van der Waals surface area contributed by atoms with E-state index in [1.807, 2.05) is 13.8 Å². The van der Waals surface area contributed by atoms with Crippen LogP contribution in [-0.4, -0.2) is 54.9 Å². The summed E-state index contributed by atoms with van der Waals surface area (Å²) in [6.45, 7) is 4.71. The molecule has 0 aliphatic carbocycles. The van der Waals surface area contributed by atoms with E-state index in [-0.39, 0.29) is 24.1 Å². The number of amides is 1. The van der Waals surface area contributed by atoms with Gasteiger partial charge in [-0.25, -0.2) is 4.39 Å². The number of ether oxygens (including phenoxy) is 2. The van der Waals surface area contributed by atoms with E-state index in [0.717, 1.165) is 0 Å². The molecule has 1 aromatic carbocycles. The number of rotatable bonds is 5. The van der Waals surface area contributed by atoms with E-state index in [0.29, 0.717) is 25.3 Å². The van der Waals surface area contributed by atoms with Crippen LogP contribution in [-0.2, 0) is 9.53 Å². The smallest absolute Gasteiger partial charge is 0.260 e. The van der Waals surface area contributed by atoms with Crippen molar-refractivity contribution in [1.29, 1.82) is 0 Å². The maximum absolute atomic E-state index is 13.1. The van der Waals surface area contributed by atoms with Crippen molar-refractivity contribution >= 4 is 17.5 Å². The zero-order valence-corrected chi connectivity index (χ0v) is 14.9. The average molecular weight is 360 g/mol. The first kappa shape index (κ1) is 19.0. The molecule has 1 fully saturated rings. The van der Waals surface area contributed by atoms with Crippen molar-refractivity contribution in [1.82, 2.24) is 4.90 Å². The summed E-state index contributed by atoms with van der Waals surface area (Å²) in [5, 5.41) is 10.7. The molecule has 1 aliphatic rings. The minimum atomic E-state index is -0.968. The number of carbonyl (C=O) groups excluding carboxylic acids is 1. The molecule has 1 unspecified atom stereocenters. The fourth-order valence-corrected chi connectivity index (χ4v) is 3.05. The predicted octanol–water partition coefficient (Wildman–Crippen LogP) is 2.49. The standard InChI is InChI=1S/C17H23ClFNO4/c1-16(2)10-20(7-6-17(16,22)11-23-3)15(21)9-24-12-4-5-14(19)13(18)8-12/h4-5,8,22H,6-7,9-11H2,1-3H3. The molecule has 7 heteroatoms. The topological polar surface area (TPSA) is 59.0 Å². The minimum Gasteiger partial charge on any atom is -0.484 e. The summed E-state index contributed by atoms with van der Waals surface area (Å²) in [7, 11) is 1.55. The Morgan fingerprint density at radius 1 is 1.46 bits per heavy atom. The van der Waals surface area contributed by atoms with Gasteiger partial charge in [-0.05, 0) is 18.6 Å². The molecule has 1 aliphatic heterocycles. The van der Waals surface area contributed by atoms with E-state index in [1.165, 1.54) is 18.2 Å². The molecule has 0 spiro atoms. The molecular weight excluding hydrogens is 337 g/mol. The molecule has 1 amide bonds. The average Bonchev–Trinajstić information content (AvgIpc) is 2.51. The predicted molar refractivity (Wildman–Crippen MR) is 88.7 cm³/mol. The summed E-state index contributed by atoms with van der Waals surface area (Å²) in [4.78, 5) is 14.0. The van der Waals surface area contributed by atoms with Gasteiger partial charge in [0, 0.05) is 31.7 Å². The lowest BCUT2D eigenvalue weighted by atomic mass is 9.70. The molecule has 0 saturated carbocycles. The highest BCUT2D eigenvalue weighted by molar-refractivity contribution is 6.30. The summed E-state index contributed by atoms with van der Waals surface area (Å²) in [6, 6.07) is 3.95. The second kappa shape index (κ2) is 7.25. The first-order valence-corrected chi connectivity index (χ1v) is 8.13. The van der Waals surface area contributed by atoms with Gasteiger partial charge in [0.05, 0.1) is 17.2 Å². The Morgan fingerprint density at radius 2 is 2.17 bits per heavy atom. The van der Waals surface area contributed by atoms with E-state index >= 15 is 0 Å². The third-order valence-corrected chi connectivity index (χ3v) is 4.92. The van der Waals surface area contributed by atoms with E-state index in [4.69, 9.17) is 21.1 Å². The van der Waals surface area contributed by atoms with Crippen LogP contribution < -0.4 is 4.74 Å². The van der Waals surface area contributed by atoms with Crippen molar-refractivity contribution in [3.8, 4) is 5.75 Å². The summed E-state index contributed by atoms with van der Waals surface area (Å²) < 4.78 is 23.6. The van der Waals surface area contributed by atoms with Gasteiger partial charge >= 0.3 is 0 Å². The van der Waals surface area contributed by atoms with Crippen molar-refractivity contribution in [3.63, 3.8) is 0 Å². The Labute approximate surface area is 146 Å². The molecule has 1 heterocycles. The number of benzene rings is 1. The van der Waals surface area contributed by atoms with Gasteiger partial charge in [-0.3, -0.25) is 4.79 Å². The Morgan fingerprint density at radius 3 is 2.75 bits per heavy atom. The molecule has 1 aromatic rings. The quantitative estimate of drug-likeness (QED) is 0.877. The summed E-state index contributed by atoms with van der Waals surface area (Å²) in [5.74, 6) is -0.393. The number of hydrogen-bond acceptors (Lipinski definition) is 4. The van der Waals surface area contributed by atoms with Crippen LogP contribution in [0.1, 0.15) is 20.3 Å². The molecule has 1 N–H and O–H groups in total. The van der Waals surface area contributed by atoms with E-state index in [2.05, 4.69) is 0 Å². The Bertz CT molecular complexity index is 610. The lowest BCUT2D eigenvalue weighted by molar-refractivity contribution is -0.164. The van der Waals surface area contributed by atoms with Gasteiger partial charge in [0.1, 0.15) is 11.6 Å². The Balaban J connectivity index is 1.95. The molecule has 1 saturated heterocycles. The van der Waals surface area contributed by atoms with Crippen LogP contribution in [0, 0.1) is 11.2 Å². The molecular formula is C17H23ClFNO4. The van der Waals surface area contributed by atoms with Crippen LogP contribution in [0.5, 0.6) is 5.75 Å². The fourth-order valence-electron chi connectivity index (χ4n) is 2.88. The van der Waals surface area contributed by atoms with Crippen molar-refractivity contribution in [2.75, 3.05) is 33.4 Å². The second-order valence-corrected chi connectivity index (χ2v) is 7.19. The number of methoxy groups -OCH3 is 1. The van der Waals surface area contributed by atoms with Crippen LogP contribution >= 0.6 is 11.6 Å². The van der Waals surface area contributed by atoms with Crippen molar-refractivity contribution in [3.05, 3.63) is 29.0 Å². The maximum Gasteiger partial charge on any atom is 0.260 e. The lowest BCUT2D eigenvalue weighted by Crippen LogP contribution is -2.60. The first-order chi connectivity index (χ1) is 11.2. The van der Waals surface area contributed by atoms with Crippen molar-refractivity contribution in [2.45, 2.75) is 25.9 Å². The SMILES string of the molecule is COCC1(O)CCN(C(=O)COc2ccc(F)c(Cl)c2)CC1(C)C. The van der Waals surface area contributed by atoms with E-state index in [9.17, 15) is 14.3 Å². The van der Waals surface area contributed by atoms with Crippen molar-refractivity contribution in [2.24, 2.45) is 5.41 Å². The third-order valence-electron chi connectivity index (χ3n) is 4.63. The number of hydrogen-bond donors (Lipinski definition) is 1. The summed E-state index contributed by atoms with van der Waals surface area (Å²) >= 11 is 5.69. The normalized spacial score (nSPS) is 23.2. The Kier molecular flexibility index (Phi) is 5.73. The maximum atomic E-state index is 13.1. The minimum absolute atomic E-state index is 0.0521. The zero-order chi connectivity index (χ0) is 18.0. The fraction of sp³-hybridized carbons (Fsp3) is 0.588. The largest absolute Gasteiger partial charge is 0.484 e. The highest BCUT2D eigenvalue weighted by atomic mass is 35.5. The lowest BCUT2D eigenvalue weighted by Gasteiger charge is -2.49. The van der Waals surface area contributed by atoms with Crippen molar-refractivity contribution < 1.29 is 23.8 Å². The number of halogens is 2. The van der Waals surface area contributed by atoms with Crippen LogP contribution in [0.2, 0.25) is 5.02 Å². The van der Waals surface area contributed by atoms with Gasteiger partial charge < -0.3 is 19.5 Å². The van der Waals surface area contributed by atoms with Gasteiger partial charge in [0.2, 0.25) is 0 Å². The molecule has 24 heavy (non-hydrogen) atoms. The number of piperidine rings is 1. The van der Waals surface area contributed by atoms with E-state index in [1.54, 1.807) is 12.0 Å². The molecule has 0 aromatic heterocycles. The summed E-state index contributed by atoms with van der Waals surface area (Å²) in [6.07, 6.45) is 0.432. The van der Waals surface area contributed by atoms with Crippen LogP contribution in [0.3, 0.4) is 0 Å². The highest BCUT2D eigenvalue weighted by Gasteiger charge is 2.48. The molecule has 0 bridgehead atoms. The highest BCUT2D eigenvalue weighted by Crippen LogP contribution is 2.38. The van der Waals surface area contributed by atoms with Crippen LogP contribution in [0.15, 0.2) is 18.2 Å². The van der Waals surface area contributed by atoms with Gasteiger partial charge in [0.15, 0.2) is 6.61 Å². The molecule has 134 valence electrons. The number of aliphatic hydroxyl groups is 1. The number of carbonyl (C=O) groups is 1. The molecule has 2 rings (SSSR count). The molecule has 0 radical (unpaired) electrons. The first-order valence-electron chi connectivity index (χ1n) is 7.75. The van der Waals surface area contributed by atoms with Crippen LogP contribution in [0.4, 0.5) is 4.39 Å².